The van der Waals surface area contributed by atoms with E-state index in [1.54, 1.807) is 13.8 Å². The molecule has 0 amide bonds. The van der Waals surface area contributed by atoms with Crippen LogP contribution >= 0.6 is 0 Å². The van der Waals surface area contributed by atoms with Crippen LogP contribution in [0.1, 0.15) is 44.6 Å². The summed E-state index contributed by atoms with van der Waals surface area (Å²) in [6.07, 6.45) is 0.527. The van der Waals surface area contributed by atoms with Crippen LogP contribution in [0.5, 0.6) is 0 Å². The molecule has 5 heteroatoms. The van der Waals surface area contributed by atoms with Gasteiger partial charge in [0.2, 0.25) is 0 Å². The van der Waals surface area contributed by atoms with E-state index in [1.165, 1.54) is 14.2 Å². The van der Waals surface area contributed by atoms with Gasteiger partial charge in [0, 0.05) is 0 Å². The van der Waals surface area contributed by atoms with Gasteiger partial charge in [-0.3, -0.25) is 4.98 Å². The normalized spacial score (nSPS) is 10.1. The van der Waals surface area contributed by atoms with Crippen molar-refractivity contribution in [1.82, 2.24) is 4.98 Å². The highest BCUT2D eigenvalue weighted by Crippen LogP contribution is 2.22. The van der Waals surface area contributed by atoms with Crippen molar-refractivity contribution in [3.8, 4) is 0 Å². The summed E-state index contributed by atoms with van der Waals surface area (Å²) in [6, 6.07) is 0. The Morgan fingerprint density at radius 2 is 1.39 bits per heavy atom. The molecular weight excluding hydrogens is 234 g/mol. The molecule has 0 spiro atoms. The van der Waals surface area contributed by atoms with Gasteiger partial charge in [-0.2, -0.15) is 0 Å². The maximum atomic E-state index is 11.8. The third-order valence-electron chi connectivity index (χ3n) is 2.80. The summed E-state index contributed by atoms with van der Waals surface area (Å²) in [7, 11) is 2.61. The van der Waals surface area contributed by atoms with Gasteiger partial charge in [0.25, 0.3) is 0 Å². The van der Waals surface area contributed by atoms with E-state index in [9.17, 15) is 9.59 Å². The molecule has 18 heavy (non-hydrogen) atoms. The molecule has 5 nitrogen and oxygen atoms in total. The van der Waals surface area contributed by atoms with E-state index in [2.05, 4.69) is 4.98 Å². The van der Waals surface area contributed by atoms with Gasteiger partial charge >= 0.3 is 11.9 Å². The number of carbonyl (C=O) groups excluding carboxylic acids is 2. The second-order valence-corrected chi connectivity index (χ2v) is 3.85. The standard InChI is InChI=1S/C13H17NO4/c1-6-9-10(12(15)17-4)7(2)14-8(3)11(9)13(16)18-5/h6H2,1-5H3. The third-order valence-corrected chi connectivity index (χ3v) is 2.80. The highest BCUT2D eigenvalue weighted by atomic mass is 16.5. The van der Waals surface area contributed by atoms with Crippen LogP contribution in [0.2, 0.25) is 0 Å². The highest BCUT2D eigenvalue weighted by Gasteiger charge is 2.24. The Kier molecular flexibility index (Phi) is 4.42. The van der Waals surface area contributed by atoms with Crippen molar-refractivity contribution in [2.75, 3.05) is 14.2 Å². The number of ether oxygens (including phenoxy) is 2. The van der Waals surface area contributed by atoms with Crippen molar-refractivity contribution < 1.29 is 19.1 Å². The monoisotopic (exact) mass is 251 g/mol. The number of rotatable bonds is 3. The lowest BCUT2D eigenvalue weighted by Gasteiger charge is -2.15. The number of aromatic nitrogens is 1. The van der Waals surface area contributed by atoms with Gasteiger partial charge < -0.3 is 9.47 Å². The third kappa shape index (κ3) is 2.34. The van der Waals surface area contributed by atoms with Gasteiger partial charge in [-0.05, 0) is 25.8 Å². The average molecular weight is 251 g/mol. The lowest BCUT2D eigenvalue weighted by molar-refractivity contribution is 0.0594. The number of hydrogen-bond acceptors (Lipinski definition) is 5. The average Bonchev–Trinajstić information content (AvgIpc) is 2.36. The van der Waals surface area contributed by atoms with Crippen LogP contribution in [-0.2, 0) is 15.9 Å². The minimum atomic E-state index is -0.484. The van der Waals surface area contributed by atoms with Gasteiger partial charge in [-0.15, -0.1) is 0 Å². The lowest BCUT2D eigenvalue weighted by atomic mass is 9.96. The van der Waals surface area contributed by atoms with Crippen LogP contribution in [0.4, 0.5) is 0 Å². The van der Waals surface area contributed by atoms with Gasteiger partial charge in [-0.25, -0.2) is 9.59 Å². The fourth-order valence-corrected chi connectivity index (χ4v) is 2.02. The largest absolute Gasteiger partial charge is 0.465 e. The molecule has 98 valence electrons. The summed E-state index contributed by atoms with van der Waals surface area (Å²) in [5, 5.41) is 0. The number of methoxy groups -OCH3 is 2. The van der Waals surface area contributed by atoms with Gasteiger partial charge in [0.15, 0.2) is 0 Å². The van der Waals surface area contributed by atoms with Gasteiger partial charge in [0.1, 0.15) is 0 Å². The Hall–Kier alpha value is -1.91. The molecule has 0 aliphatic carbocycles. The van der Waals surface area contributed by atoms with Gasteiger partial charge in [-0.1, -0.05) is 6.92 Å². The zero-order valence-corrected chi connectivity index (χ0v) is 11.3. The molecule has 1 rings (SSSR count). The molecule has 0 aliphatic rings. The molecule has 0 saturated carbocycles. The Labute approximate surface area is 106 Å². The quantitative estimate of drug-likeness (QED) is 0.767. The zero-order valence-electron chi connectivity index (χ0n) is 11.3. The number of nitrogens with zero attached hydrogens (tertiary/aromatic N) is 1. The maximum absolute atomic E-state index is 11.8. The smallest absolute Gasteiger partial charge is 0.340 e. The molecule has 0 aromatic carbocycles. The Bertz CT molecular complexity index is 454. The molecule has 0 saturated heterocycles. The van der Waals surface area contributed by atoms with E-state index in [-0.39, 0.29) is 0 Å². The Morgan fingerprint density at radius 3 is 1.67 bits per heavy atom. The first kappa shape index (κ1) is 14.2. The Balaban J connectivity index is 3.62. The first-order valence-electron chi connectivity index (χ1n) is 5.64. The van der Waals surface area contributed by atoms with Crippen LogP contribution in [-0.4, -0.2) is 31.1 Å². The molecule has 1 aromatic rings. The van der Waals surface area contributed by atoms with Crippen LogP contribution in [0, 0.1) is 13.8 Å². The molecular formula is C13H17NO4. The van der Waals surface area contributed by atoms with E-state index in [4.69, 9.17) is 9.47 Å². The second kappa shape index (κ2) is 5.62. The fourth-order valence-electron chi connectivity index (χ4n) is 2.02. The van der Waals surface area contributed by atoms with Crippen molar-refractivity contribution >= 4 is 11.9 Å². The maximum Gasteiger partial charge on any atom is 0.340 e. The van der Waals surface area contributed by atoms with E-state index < -0.39 is 11.9 Å². The van der Waals surface area contributed by atoms with Crippen molar-refractivity contribution in [2.45, 2.75) is 27.2 Å². The number of pyridine rings is 1. The van der Waals surface area contributed by atoms with E-state index in [0.717, 1.165) is 0 Å². The number of esters is 2. The van der Waals surface area contributed by atoms with Crippen molar-refractivity contribution in [3.63, 3.8) is 0 Å². The van der Waals surface area contributed by atoms with Crippen LogP contribution < -0.4 is 0 Å². The first-order chi connectivity index (χ1) is 8.47. The number of carbonyl (C=O) groups is 2. The predicted molar refractivity (Wildman–Crippen MR) is 65.8 cm³/mol. The molecule has 0 radical (unpaired) electrons. The molecule has 0 atom stereocenters. The minimum Gasteiger partial charge on any atom is -0.465 e. The Morgan fingerprint density at radius 1 is 1.00 bits per heavy atom. The minimum absolute atomic E-state index is 0.353. The number of aryl methyl sites for hydroxylation is 2. The molecule has 0 bridgehead atoms. The van der Waals surface area contributed by atoms with Crippen LogP contribution in [0.25, 0.3) is 0 Å². The highest BCUT2D eigenvalue weighted by molar-refractivity contribution is 5.99. The van der Waals surface area contributed by atoms with E-state index >= 15 is 0 Å². The molecule has 0 fully saturated rings. The van der Waals surface area contributed by atoms with E-state index in [0.29, 0.717) is 34.5 Å². The topological polar surface area (TPSA) is 65.5 Å². The predicted octanol–water partition coefficient (Wildman–Crippen LogP) is 1.83. The van der Waals surface area contributed by atoms with Crippen molar-refractivity contribution in [3.05, 3.63) is 28.1 Å². The van der Waals surface area contributed by atoms with Gasteiger partial charge in [0.05, 0.1) is 36.7 Å². The van der Waals surface area contributed by atoms with Crippen LogP contribution in [0.3, 0.4) is 0 Å². The van der Waals surface area contributed by atoms with Crippen LogP contribution in [0.15, 0.2) is 0 Å². The molecule has 0 unspecified atom stereocenters. The SMILES string of the molecule is CCc1c(C(=O)OC)c(C)nc(C)c1C(=O)OC. The lowest BCUT2D eigenvalue weighted by Crippen LogP contribution is -2.17. The molecule has 1 heterocycles. The molecule has 1 aromatic heterocycles. The number of hydrogen-bond donors (Lipinski definition) is 0. The molecule has 0 aliphatic heterocycles. The van der Waals surface area contributed by atoms with Crippen molar-refractivity contribution in [2.24, 2.45) is 0 Å². The first-order valence-corrected chi connectivity index (χ1v) is 5.64. The summed E-state index contributed by atoms with van der Waals surface area (Å²) < 4.78 is 9.47. The zero-order chi connectivity index (χ0) is 13.9. The summed E-state index contributed by atoms with van der Waals surface area (Å²) in [4.78, 5) is 27.8. The summed E-state index contributed by atoms with van der Waals surface area (Å²) in [6.45, 7) is 5.31. The van der Waals surface area contributed by atoms with E-state index in [1.807, 2.05) is 6.92 Å². The summed E-state index contributed by atoms with van der Waals surface area (Å²) in [5.41, 5.74) is 2.45. The summed E-state index contributed by atoms with van der Waals surface area (Å²) in [5.74, 6) is -0.969. The fraction of sp³-hybridized carbons (Fsp3) is 0.462. The van der Waals surface area contributed by atoms with Crippen molar-refractivity contribution in [1.29, 1.82) is 0 Å². The molecule has 0 N–H and O–H groups in total. The second-order valence-electron chi connectivity index (χ2n) is 3.85. The summed E-state index contributed by atoms with van der Waals surface area (Å²) >= 11 is 0.